The molecule has 1 aliphatic rings. The van der Waals surface area contributed by atoms with Crippen LogP contribution in [0.3, 0.4) is 0 Å². The first-order valence-corrected chi connectivity index (χ1v) is 8.99. The average Bonchev–Trinajstić information content (AvgIpc) is 2.86. The molecule has 1 fully saturated rings. The zero-order valence-electron chi connectivity index (χ0n) is 13.6. The van der Waals surface area contributed by atoms with Gasteiger partial charge in [0.2, 0.25) is 0 Å². The van der Waals surface area contributed by atoms with Crippen molar-refractivity contribution in [2.75, 3.05) is 6.61 Å². The minimum Gasteiger partial charge on any atom is -0.494 e. The fourth-order valence-corrected chi connectivity index (χ4v) is 3.45. The summed E-state index contributed by atoms with van der Waals surface area (Å²) in [5.74, 6) is 0.468. The van der Waals surface area contributed by atoms with E-state index in [4.69, 9.17) is 16.3 Å². The van der Waals surface area contributed by atoms with E-state index in [1.807, 2.05) is 49.4 Å². The van der Waals surface area contributed by atoms with Crippen LogP contribution in [0.5, 0.6) is 5.75 Å². The largest absolute Gasteiger partial charge is 0.494 e. The molecule has 2 aromatic carbocycles. The van der Waals surface area contributed by atoms with Crippen molar-refractivity contribution >= 4 is 40.6 Å². The standard InChI is InChI=1S/C19H16ClNO3S/c1-2-24-15-9-7-13(8-10-15)11-17-18(22)21(19(23)25-17)12-14-5-3-4-6-16(14)20/h3-11H,2,12H2,1H3/b17-11+. The van der Waals surface area contributed by atoms with Crippen LogP contribution in [0.2, 0.25) is 5.02 Å². The molecule has 0 radical (unpaired) electrons. The van der Waals surface area contributed by atoms with Gasteiger partial charge in [0.15, 0.2) is 0 Å². The number of carbonyl (C=O) groups excluding carboxylic acids is 2. The van der Waals surface area contributed by atoms with Gasteiger partial charge in [0.25, 0.3) is 11.1 Å². The molecular formula is C19H16ClNO3S. The van der Waals surface area contributed by atoms with Crippen LogP contribution in [-0.4, -0.2) is 22.7 Å². The Bertz CT molecular complexity index is 833. The minimum atomic E-state index is -0.302. The molecular weight excluding hydrogens is 358 g/mol. The summed E-state index contributed by atoms with van der Waals surface area (Å²) in [6, 6.07) is 14.6. The number of hydrogen-bond acceptors (Lipinski definition) is 4. The van der Waals surface area contributed by atoms with Crippen LogP contribution in [0.1, 0.15) is 18.1 Å². The molecule has 1 saturated heterocycles. The Morgan fingerprint density at radius 2 is 1.84 bits per heavy atom. The van der Waals surface area contributed by atoms with E-state index in [-0.39, 0.29) is 17.7 Å². The Morgan fingerprint density at radius 3 is 2.52 bits per heavy atom. The van der Waals surface area contributed by atoms with Crippen LogP contribution in [0, 0.1) is 0 Å². The Balaban J connectivity index is 1.77. The van der Waals surface area contributed by atoms with E-state index in [2.05, 4.69) is 0 Å². The van der Waals surface area contributed by atoms with Crippen LogP contribution < -0.4 is 4.74 Å². The Kier molecular flexibility index (Phi) is 5.46. The number of nitrogens with zero attached hydrogens (tertiary/aromatic N) is 1. The molecule has 4 nitrogen and oxygen atoms in total. The lowest BCUT2D eigenvalue weighted by atomic mass is 10.2. The molecule has 2 amide bonds. The summed E-state index contributed by atoms with van der Waals surface area (Å²) in [5.41, 5.74) is 1.58. The van der Waals surface area contributed by atoms with Gasteiger partial charge in [-0.25, -0.2) is 0 Å². The third kappa shape index (κ3) is 4.06. The molecule has 0 saturated carbocycles. The third-order valence-corrected chi connectivity index (χ3v) is 4.92. The summed E-state index contributed by atoms with van der Waals surface area (Å²) in [6.07, 6.45) is 1.72. The molecule has 0 bridgehead atoms. The molecule has 6 heteroatoms. The third-order valence-electron chi connectivity index (χ3n) is 3.65. The van der Waals surface area contributed by atoms with Crippen molar-refractivity contribution in [2.24, 2.45) is 0 Å². The van der Waals surface area contributed by atoms with Crippen molar-refractivity contribution < 1.29 is 14.3 Å². The lowest BCUT2D eigenvalue weighted by molar-refractivity contribution is -0.123. The number of halogens is 1. The predicted octanol–water partition coefficient (Wildman–Crippen LogP) is 4.98. The quantitative estimate of drug-likeness (QED) is 0.694. The number of rotatable bonds is 5. The van der Waals surface area contributed by atoms with E-state index in [1.165, 1.54) is 4.90 Å². The highest BCUT2D eigenvalue weighted by molar-refractivity contribution is 8.18. The summed E-state index contributed by atoms with van der Waals surface area (Å²) in [7, 11) is 0. The van der Waals surface area contributed by atoms with Crippen LogP contribution in [-0.2, 0) is 11.3 Å². The summed E-state index contributed by atoms with van der Waals surface area (Å²) in [4.78, 5) is 26.4. The Morgan fingerprint density at radius 1 is 1.12 bits per heavy atom. The number of hydrogen-bond donors (Lipinski definition) is 0. The van der Waals surface area contributed by atoms with Crippen LogP contribution >= 0.6 is 23.4 Å². The van der Waals surface area contributed by atoms with Gasteiger partial charge in [0.1, 0.15) is 5.75 Å². The van der Waals surface area contributed by atoms with E-state index in [0.29, 0.717) is 16.5 Å². The van der Waals surface area contributed by atoms with Crippen molar-refractivity contribution in [1.82, 2.24) is 4.90 Å². The molecule has 2 aromatic rings. The maximum Gasteiger partial charge on any atom is 0.293 e. The van der Waals surface area contributed by atoms with E-state index < -0.39 is 0 Å². The monoisotopic (exact) mass is 373 g/mol. The molecule has 1 heterocycles. The maximum absolute atomic E-state index is 12.6. The van der Waals surface area contributed by atoms with Crippen molar-refractivity contribution in [3.05, 3.63) is 69.6 Å². The van der Waals surface area contributed by atoms with Gasteiger partial charge in [-0.1, -0.05) is 41.9 Å². The van der Waals surface area contributed by atoms with E-state index in [1.54, 1.807) is 12.1 Å². The summed E-state index contributed by atoms with van der Waals surface area (Å²) in [6.45, 7) is 2.69. The van der Waals surface area contributed by atoms with Gasteiger partial charge in [-0.2, -0.15) is 0 Å². The van der Waals surface area contributed by atoms with E-state index >= 15 is 0 Å². The lowest BCUT2D eigenvalue weighted by Gasteiger charge is -2.13. The average molecular weight is 374 g/mol. The summed E-state index contributed by atoms with van der Waals surface area (Å²) in [5, 5.41) is 0.249. The number of imide groups is 1. The first-order valence-electron chi connectivity index (χ1n) is 7.80. The molecule has 0 spiro atoms. The van der Waals surface area contributed by atoms with Gasteiger partial charge in [0, 0.05) is 5.02 Å². The van der Waals surface area contributed by atoms with Gasteiger partial charge in [0.05, 0.1) is 18.1 Å². The summed E-state index contributed by atoms with van der Waals surface area (Å²) >= 11 is 7.06. The second-order valence-electron chi connectivity index (χ2n) is 5.36. The van der Waals surface area contributed by atoms with E-state index in [9.17, 15) is 9.59 Å². The molecule has 25 heavy (non-hydrogen) atoms. The van der Waals surface area contributed by atoms with Crippen LogP contribution in [0.4, 0.5) is 4.79 Å². The molecule has 0 atom stereocenters. The number of amides is 2. The second kappa shape index (κ2) is 7.76. The van der Waals surface area contributed by atoms with Crippen LogP contribution in [0.15, 0.2) is 53.4 Å². The van der Waals surface area contributed by atoms with Gasteiger partial charge in [-0.3, -0.25) is 14.5 Å². The normalized spacial score (nSPS) is 15.9. The van der Waals surface area contributed by atoms with Gasteiger partial charge >= 0.3 is 0 Å². The minimum absolute atomic E-state index is 0.172. The summed E-state index contributed by atoms with van der Waals surface area (Å²) < 4.78 is 5.40. The second-order valence-corrected chi connectivity index (χ2v) is 6.76. The van der Waals surface area contributed by atoms with Gasteiger partial charge < -0.3 is 4.74 Å². The van der Waals surface area contributed by atoms with Crippen molar-refractivity contribution in [2.45, 2.75) is 13.5 Å². The Hall–Kier alpha value is -2.24. The van der Waals surface area contributed by atoms with Gasteiger partial charge in [-0.05, 0) is 54.1 Å². The van der Waals surface area contributed by atoms with Crippen molar-refractivity contribution in [1.29, 1.82) is 0 Å². The predicted molar refractivity (Wildman–Crippen MR) is 101 cm³/mol. The fraction of sp³-hybridized carbons (Fsp3) is 0.158. The van der Waals surface area contributed by atoms with Crippen LogP contribution in [0.25, 0.3) is 6.08 Å². The highest BCUT2D eigenvalue weighted by Crippen LogP contribution is 2.34. The number of thioether (sulfide) groups is 1. The molecule has 0 aromatic heterocycles. The molecule has 128 valence electrons. The Labute approximate surface area is 155 Å². The molecule has 3 rings (SSSR count). The highest BCUT2D eigenvalue weighted by atomic mass is 35.5. The van der Waals surface area contributed by atoms with E-state index in [0.717, 1.165) is 28.6 Å². The number of ether oxygens (including phenoxy) is 1. The zero-order valence-corrected chi connectivity index (χ0v) is 15.1. The number of benzene rings is 2. The van der Waals surface area contributed by atoms with Crippen molar-refractivity contribution in [3.8, 4) is 5.75 Å². The van der Waals surface area contributed by atoms with Gasteiger partial charge in [-0.15, -0.1) is 0 Å². The first-order chi connectivity index (χ1) is 12.1. The lowest BCUT2D eigenvalue weighted by Crippen LogP contribution is -2.27. The SMILES string of the molecule is CCOc1ccc(/C=C2/SC(=O)N(Cc3ccccc3Cl)C2=O)cc1. The molecule has 1 aliphatic heterocycles. The topological polar surface area (TPSA) is 46.6 Å². The zero-order chi connectivity index (χ0) is 17.8. The maximum atomic E-state index is 12.6. The number of carbonyl (C=O) groups is 2. The van der Waals surface area contributed by atoms with Crippen molar-refractivity contribution in [3.63, 3.8) is 0 Å². The molecule has 0 unspecified atom stereocenters. The molecule has 0 N–H and O–H groups in total. The fourth-order valence-electron chi connectivity index (χ4n) is 2.41. The first kappa shape index (κ1) is 17.6. The smallest absolute Gasteiger partial charge is 0.293 e. The molecule has 0 aliphatic carbocycles. The highest BCUT2D eigenvalue weighted by Gasteiger charge is 2.35.